The first kappa shape index (κ1) is 15.1. The first-order valence-corrected chi connectivity index (χ1v) is 7.33. The first-order chi connectivity index (χ1) is 9.52. The molecule has 0 aliphatic heterocycles. The summed E-state index contributed by atoms with van der Waals surface area (Å²) in [5, 5.41) is 5.14. The number of hydrogen-bond acceptors (Lipinski definition) is 2. The summed E-state index contributed by atoms with van der Waals surface area (Å²) in [5.74, 6) is 0.378. The van der Waals surface area contributed by atoms with E-state index in [1.165, 1.54) is 11.1 Å². The lowest BCUT2D eigenvalue weighted by atomic mass is 9.92. The average molecular weight is 292 g/mol. The summed E-state index contributed by atoms with van der Waals surface area (Å²) in [5.41, 5.74) is 10.6. The van der Waals surface area contributed by atoms with Crippen LogP contribution in [0.25, 0.3) is 0 Å². The Kier molecular flexibility index (Phi) is 4.84. The Hall–Kier alpha value is -1.32. The third-order valence-electron chi connectivity index (χ3n) is 3.85. The Bertz CT molecular complexity index is 589. The second kappa shape index (κ2) is 6.42. The van der Waals surface area contributed by atoms with Crippen LogP contribution < -0.4 is 5.73 Å². The van der Waals surface area contributed by atoms with Crippen molar-refractivity contribution < 1.29 is 0 Å². The molecule has 4 heteroatoms. The fourth-order valence-corrected chi connectivity index (χ4v) is 2.80. The van der Waals surface area contributed by atoms with Crippen LogP contribution in [0.3, 0.4) is 0 Å². The molecule has 1 heterocycles. The van der Waals surface area contributed by atoms with Crippen molar-refractivity contribution in [1.29, 1.82) is 0 Å². The lowest BCUT2D eigenvalue weighted by Crippen LogP contribution is -2.21. The summed E-state index contributed by atoms with van der Waals surface area (Å²) >= 11 is 6.33. The SMILES string of the molecule is Cc1ccccc1CC(CN)Cc1c(Cl)c(C)nn1C. The van der Waals surface area contributed by atoms with Crippen LogP contribution in [-0.4, -0.2) is 16.3 Å². The van der Waals surface area contributed by atoms with E-state index in [0.717, 1.165) is 29.3 Å². The highest BCUT2D eigenvalue weighted by molar-refractivity contribution is 6.31. The molecular formula is C16H22ClN3. The topological polar surface area (TPSA) is 43.8 Å². The van der Waals surface area contributed by atoms with Gasteiger partial charge in [0.25, 0.3) is 0 Å². The van der Waals surface area contributed by atoms with Gasteiger partial charge in [0.2, 0.25) is 0 Å². The zero-order chi connectivity index (χ0) is 14.7. The monoisotopic (exact) mass is 291 g/mol. The number of rotatable bonds is 5. The lowest BCUT2D eigenvalue weighted by molar-refractivity contribution is 0.510. The van der Waals surface area contributed by atoms with Gasteiger partial charge in [-0.1, -0.05) is 35.9 Å². The molecule has 0 saturated heterocycles. The van der Waals surface area contributed by atoms with Gasteiger partial charge >= 0.3 is 0 Å². The molecular weight excluding hydrogens is 270 g/mol. The van der Waals surface area contributed by atoms with Gasteiger partial charge < -0.3 is 5.73 Å². The van der Waals surface area contributed by atoms with E-state index in [0.29, 0.717) is 12.5 Å². The van der Waals surface area contributed by atoms with Gasteiger partial charge in [0, 0.05) is 7.05 Å². The molecule has 1 atom stereocenters. The van der Waals surface area contributed by atoms with Crippen LogP contribution in [0.1, 0.15) is 22.5 Å². The van der Waals surface area contributed by atoms with Gasteiger partial charge in [-0.15, -0.1) is 0 Å². The van der Waals surface area contributed by atoms with Crippen LogP contribution in [0.4, 0.5) is 0 Å². The second-order valence-corrected chi connectivity index (χ2v) is 5.78. The summed E-state index contributed by atoms with van der Waals surface area (Å²) < 4.78 is 1.87. The van der Waals surface area contributed by atoms with Gasteiger partial charge in [-0.2, -0.15) is 5.10 Å². The fourth-order valence-electron chi connectivity index (χ4n) is 2.56. The van der Waals surface area contributed by atoms with Gasteiger partial charge in [-0.25, -0.2) is 0 Å². The summed E-state index contributed by atoms with van der Waals surface area (Å²) in [4.78, 5) is 0. The van der Waals surface area contributed by atoms with Gasteiger partial charge in [-0.05, 0) is 50.3 Å². The van der Waals surface area contributed by atoms with Crippen LogP contribution in [0.5, 0.6) is 0 Å². The van der Waals surface area contributed by atoms with Crippen LogP contribution >= 0.6 is 11.6 Å². The van der Waals surface area contributed by atoms with E-state index in [4.69, 9.17) is 17.3 Å². The van der Waals surface area contributed by atoms with Gasteiger partial charge in [0.05, 0.1) is 16.4 Å². The van der Waals surface area contributed by atoms with Crippen molar-refractivity contribution in [2.24, 2.45) is 18.7 Å². The Morgan fingerprint density at radius 2 is 1.95 bits per heavy atom. The van der Waals surface area contributed by atoms with E-state index in [9.17, 15) is 0 Å². The van der Waals surface area contributed by atoms with Crippen LogP contribution in [0.15, 0.2) is 24.3 Å². The van der Waals surface area contributed by atoms with Gasteiger partial charge in [0.1, 0.15) is 0 Å². The maximum Gasteiger partial charge on any atom is 0.0847 e. The van der Waals surface area contributed by atoms with E-state index in [2.05, 4.69) is 36.3 Å². The number of nitrogens with two attached hydrogens (primary N) is 1. The van der Waals surface area contributed by atoms with Crippen molar-refractivity contribution in [3.05, 3.63) is 51.8 Å². The maximum absolute atomic E-state index is 6.33. The molecule has 1 aromatic heterocycles. The number of nitrogens with zero attached hydrogens (tertiary/aromatic N) is 2. The molecule has 0 spiro atoms. The molecule has 3 nitrogen and oxygen atoms in total. The number of halogens is 1. The summed E-state index contributed by atoms with van der Waals surface area (Å²) in [6.07, 6.45) is 1.84. The van der Waals surface area contributed by atoms with Crippen molar-refractivity contribution in [1.82, 2.24) is 9.78 Å². The number of benzene rings is 1. The Balaban J connectivity index is 2.15. The molecule has 0 radical (unpaired) electrons. The zero-order valence-electron chi connectivity index (χ0n) is 12.4. The van der Waals surface area contributed by atoms with Crippen molar-refractivity contribution in [3.8, 4) is 0 Å². The van der Waals surface area contributed by atoms with Crippen molar-refractivity contribution in [2.75, 3.05) is 6.54 Å². The normalized spacial score (nSPS) is 12.7. The average Bonchev–Trinajstić information content (AvgIpc) is 2.66. The minimum atomic E-state index is 0.378. The molecule has 0 saturated carbocycles. The Morgan fingerprint density at radius 3 is 2.50 bits per heavy atom. The molecule has 1 unspecified atom stereocenters. The highest BCUT2D eigenvalue weighted by Crippen LogP contribution is 2.24. The molecule has 0 fully saturated rings. The van der Waals surface area contributed by atoms with Crippen molar-refractivity contribution in [3.63, 3.8) is 0 Å². The fraction of sp³-hybridized carbons (Fsp3) is 0.438. The Labute approximate surface area is 125 Å². The predicted octanol–water partition coefficient (Wildman–Crippen LogP) is 3.05. The van der Waals surface area contributed by atoms with Crippen LogP contribution in [0, 0.1) is 19.8 Å². The smallest absolute Gasteiger partial charge is 0.0847 e. The molecule has 0 aliphatic rings. The van der Waals surface area contributed by atoms with Gasteiger partial charge in [0.15, 0.2) is 0 Å². The largest absolute Gasteiger partial charge is 0.330 e. The minimum absolute atomic E-state index is 0.378. The summed E-state index contributed by atoms with van der Waals surface area (Å²) in [6.45, 7) is 4.73. The molecule has 0 bridgehead atoms. The standard InChI is InChI=1S/C16H22ClN3/c1-11-6-4-5-7-14(11)8-13(10-18)9-15-16(17)12(2)19-20(15)3/h4-7,13H,8-10,18H2,1-3H3. The summed E-state index contributed by atoms with van der Waals surface area (Å²) in [7, 11) is 1.94. The first-order valence-electron chi connectivity index (χ1n) is 6.95. The molecule has 20 heavy (non-hydrogen) atoms. The third-order valence-corrected chi connectivity index (χ3v) is 4.34. The van der Waals surface area contributed by atoms with Gasteiger partial charge in [-0.3, -0.25) is 4.68 Å². The van der Waals surface area contributed by atoms with Crippen LogP contribution in [0.2, 0.25) is 5.02 Å². The number of hydrogen-bond donors (Lipinski definition) is 1. The lowest BCUT2D eigenvalue weighted by Gasteiger charge is -2.16. The Morgan fingerprint density at radius 1 is 1.25 bits per heavy atom. The van der Waals surface area contributed by atoms with E-state index < -0.39 is 0 Å². The van der Waals surface area contributed by atoms with Crippen molar-refractivity contribution in [2.45, 2.75) is 26.7 Å². The molecule has 0 amide bonds. The highest BCUT2D eigenvalue weighted by Gasteiger charge is 2.17. The summed E-state index contributed by atoms with van der Waals surface area (Å²) in [6, 6.07) is 8.47. The second-order valence-electron chi connectivity index (χ2n) is 5.41. The number of aryl methyl sites for hydroxylation is 3. The molecule has 108 valence electrons. The molecule has 0 aliphatic carbocycles. The highest BCUT2D eigenvalue weighted by atomic mass is 35.5. The predicted molar refractivity (Wildman–Crippen MR) is 84.1 cm³/mol. The molecule has 2 aromatic rings. The van der Waals surface area contributed by atoms with E-state index in [-0.39, 0.29) is 0 Å². The number of aromatic nitrogens is 2. The quantitative estimate of drug-likeness (QED) is 0.920. The maximum atomic E-state index is 6.33. The van der Waals surface area contributed by atoms with E-state index in [1.807, 2.05) is 18.7 Å². The minimum Gasteiger partial charge on any atom is -0.330 e. The zero-order valence-corrected chi connectivity index (χ0v) is 13.1. The molecule has 2 N–H and O–H groups in total. The van der Waals surface area contributed by atoms with E-state index in [1.54, 1.807) is 0 Å². The molecule has 1 aromatic carbocycles. The van der Waals surface area contributed by atoms with E-state index >= 15 is 0 Å². The third kappa shape index (κ3) is 3.22. The van der Waals surface area contributed by atoms with Crippen LogP contribution in [-0.2, 0) is 19.9 Å². The molecule has 2 rings (SSSR count). The van der Waals surface area contributed by atoms with Crippen molar-refractivity contribution >= 4 is 11.6 Å².